The van der Waals surface area contributed by atoms with Crippen LogP contribution in [0.5, 0.6) is 5.75 Å². The minimum absolute atomic E-state index is 0.0448. The van der Waals surface area contributed by atoms with Crippen LogP contribution in [0.25, 0.3) is 6.08 Å². The van der Waals surface area contributed by atoms with Crippen LogP contribution in [0.2, 0.25) is 0 Å². The highest BCUT2D eigenvalue weighted by molar-refractivity contribution is 5.94. The van der Waals surface area contributed by atoms with E-state index in [1.54, 1.807) is 12.1 Å². The number of hydrogen-bond donors (Lipinski definition) is 3. The van der Waals surface area contributed by atoms with Crippen LogP contribution in [0.3, 0.4) is 0 Å². The molecule has 5 heteroatoms. The second-order valence-corrected chi connectivity index (χ2v) is 5.50. The highest BCUT2D eigenvalue weighted by Crippen LogP contribution is 2.09. The van der Waals surface area contributed by atoms with Crippen LogP contribution in [0, 0.1) is 0 Å². The molecule has 0 fully saturated rings. The number of amides is 2. The third-order valence-electron chi connectivity index (χ3n) is 3.51. The first-order chi connectivity index (χ1) is 12.1. The van der Waals surface area contributed by atoms with Gasteiger partial charge in [-0.1, -0.05) is 42.5 Å². The molecule has 0 radical (unpaired) electrons. The average molecular weight is 338 g/mol. The predicted octanol–water partition coefficient (Wildman–Crippen LogP) is 2.73. The maximum absolute atomic E-state index is 11.8. The first-order valence-electron chi connectivity index (χ1n) is 8.20. The zero-order chi connectivity index (χ0) is 17.9. The van der Waals surface area contributed by atoms with Gasteiger partial charge in [-0.2, -0.15) is 0 Å². The summed E-state index contributed by atoms with van der Waals surface area (Å²) in [6, 6.07) is 15.9. The smallest absolute Gasteiger partial charge is 0.251 e. The molecular formula is C20H22N2O3. The van der Waals surface area contributed by atoms with Crippen molar-refractivity contribution in [3.63, 3.8) is 0 Å². The molecule has 0 aliphatic rings. The summed E-state index contributed by atoms with van der Waals surface area (Å²) in [7, 11) is 0. The SMILES string of the molecule is O=C(CC/C=C/c1ccccc1)NCCNC(=O)c1ccc(O)cc1. The first kappa shape index (κ1) is 18.3. The van der Waals surface area contributed by atoms with E-state index in [0.717, 1.165) is 5.56 Å². The minimum atomic E-state index is -0.236. The molecule has 0 saturated heterocycles. The zero-order valence-electron chi connectivity index (χ0n) is 13.9. The lowest BCUT2D eigenvalue weighted by Gasteiger charge is -2.07. The molecule has 3 N–H and O–H groups in total. The summed E-state index contributed by atoms with van der Waals surface area (Å²) in [6.07, 6.45) is 5.04. The Morgan fingerprint density at radius 1 is 0.920 bits per heavy atom. The van der Waals surface area contributed by atoms with Crippen molar-refractivity contribution < 1.29 is 14.7 Å². The van der Waals surface area contributed by atoms with Gasteiger partial charge in [-0.3, -0.25) is 9.59 Å². The minimum Gasteiger partial charge on any atom is -0.508 e. The normalized spacial score (nSPS) is 10.6. The van der Waals surface area contributed by atoms with Gasteiger partial charge in [0.25, 0.3) is 5.91 Å². The summed E-state index contributed by atoms with van der Waals surface area (Å²) in [4.78, 5) is 23.6. The lowest BCUT2D eigenvalue weighted by Crippen LogP contribution is -2.34. The molecule has 0 heterocycles. The highest BCUT2D eigenvalue weighted by Gasteiger charge is 2.05. The van der Waals surface area contributed by atoms with Gasteiger partial charge in [0.1, 0.15) is 5.75 Å². The number of benzene rings is 2. The Bertz CT molecular complexity index is 709. The van der Waals surface area contributed by atoms with Crippen LogP contribution < -0.4 is 10.6 Å². The van der Waals surface area contributed by atoms with Gasteiger partial charge in [0.05, 0.1) is 0 Å². The number of phenolic OH excluding ortho intramolecular Hbond substituents is 1. The molecule has 0 bridgehead atoms. The quantitative estimate of drug-likeness (QED) is 0.648. The van der Waals surface area contributed by atoms with Crippen LogP contribution in [0.4, 0.5) is 0 Å². The van der Waals surface area contributed by atoms with Crippen molar-refractivity contribution >= 4 is 17.9 Å². The van der Waals surface area contributed by atoms with E-state index >= 15 is 0 Å². The Kier molecular flexibility index (Phi) is 7.25. The number of hydrogen-bond acceptors (Lipinski definition) is 3. The van der Waals surface area contributed by atoms with Gasteiger partial charge in [-0.05, 0) is 36.2 Å². The van der Waals surface area contributed by atoms with Gasteiger partial charge >= 0.3 is 0 Å². The number of rotatable bonds is 8. The Morgan fingerprint density at radius 3 is 2.32 bits per heavy atom. The molecule has 130 valence electrons. The molecule has 0 aliphatic carbocycles. The van der Waals surface area contributed by atoms with Gasteiger partial charge in [0.15, 0.2) is 0 Å². The Labute approximate surface area is 147 Å². The molecular weight excluding hydrogens is 316 g/mol. The summed E-state index contributed by atoms with van der Waals surface area (Å²) in [5.41, 5.74) is 1.58. The van der Waals surface area contributed by atoms with Crippen molar-refractivity contribution in [1.29, 1.82) is 0 Å². The molecule has 0 aromatic heterocycles. The van der Waals surface area contributed by atoms with Gasteiger partial charge in [-0.25, -0.2) is 0 Å². The number of aromatic hydroxyl groups is 1. The van der Waals surface area contributed by atoms with E-state index in [0.29, 0.717) is 31.5 Å². The molecule has 2 amide bonds. The number of carbonyl (C=O) groups excluding carboxylic acids is 2. The van der Waals surface area contributed by atoms with Gasteiger partial charge in [0.2, 0.25) is 5.91 Å². The Balaban J connectivity index is 1.58. The Hall–Kier alpha value is -3.08. The largest absolute Gasteiger partial charge is 0.508 e. The summed E-state index contributed by atoms with van der Waals surface area (Å²) in [5, 5.41) is 14.7. The fourth-order valence-corrected chi connectivity index (χ4v) is 2.18. The third kappa shape index (κ3) is 6.91. The van der Waals surface area contributed by atoms with Crippen molar-refractivity contribution in [3.05, 3.63) is 71.8 Å². The van der Waals surface area contributed by atoms with Crippen molar-refractivity contribution in [2.45, 2.75) is 12.8 Å². The van der Waals surface area contributed by atoms with Crippen LogP contribution in [-0.4, -0.2) is 30.0 Å². The van der Waals surface area contributed by atoms with Crippen LogP contribution in [0.15, 0.2) is 60.7 Å². The van der Waals surface area contributed by atoms with Crippen molar-refractivity contribution in [3.8, 4) is 5.75 Å². The lowest BCUT2D eigenvalue weighted by atomic mass is 10.2. The van der Waals surface area contributed by atoms with Gasteiger partial charge in [0, 0.05) is 25.1 Å². The zero-order valence-corrected chi connectivity index (χ0v) is 13.9. The van der Waals surface area contributed by atoms with Crippen molar-refractivity contribution in [1.82, 2.24) is 10.6 Å². The lowest BCUT2D eigenvalue weighted by molar-refractivity contribution is -0.120. The fraction of sp³-hybridized carbons (Fsp3) is 0.200. The van der Waals surface area contributed by atoms with E-state index in [1.807, 2.05) is 42.5 Å². The molecule has 0 atom stereocenters. The number of phenols is 1. The fourth-order valence-electron chi connectivity index (χ4n) is 2.18. The first-order valence-corrected chi connectivity index (χ1v) is 8.20. The topological polar surface area (TPSA) is 78.4 Å². The maximum atomic E-state index is 11.8. The van der Waals surface area contributed by atoms with Crippen molar-refractivity contribution in [2.75, 3.05) is 13.1 Å². The molecule has 0 spiro atoms. The van der Waals surface area contributed by atoms with Gasteiger partial charge in [-0.15, -0.1) is 0 Å². The predicted molar refractivity (Wildman–Crippen MR) is 98.2 cm³/mol. The number of carbonyl (C=O) groups is 2. The van der Waals surface area contributed by atoms with E-state index in [9.17, 15) is 14.7 Å². The average Bonchev–Trinajstić information content (AvgIpc) is 2.63. The Morgan fingerprint density at radius 2 is 1.60 bits per heavy atom. The van der Waals surface area contributed by atoms with Crippen LogP contribution in [-0.2, 0) is 4.79 Å². The maximum Gasteiger partial charge on any atom is 0.251 e. The summed E-state index contributed by atoms with van der Waals surface area (Å²) >= 11 is 0. The van der Waals surface area contributed by atoms with E-state index in [2.05, 4.69) is 10.6 Å². The molecule has 2 aromatic carbocycles. The van der Waals surface area contributed by atoms with Crippen molar-refractivity contribution in [2.24, 2.45) is 0 Å². The molecule has 0 aliphatic heterocycles. The molecule has 0 unspecified atom stereocenters. The van der Waals surface area contributed by atoms with Crippen LogP contribution in [0.1, 0.15) is 28.8 Å². The standard InChI is InChI=1S/C20H22N2O3/c23-18-12-10-17(11-13-18)20(25)22-15-14-21-19(24)9-5-4-8-16-6-2-1-3-7-16/h1-4,6-8,10-13,23H,5,9,14-15H2,(H,21,24)(H,22,25)/b8-4+. The summed E-state index contributed by atoms with van der Waals surface area (Å²) < 4.78 is 0. The summed E-state index contributed by atoms with van der Waals surface area (Å²) in [6.45, 7) is 0.733. The van der Waals surface area contributed by atoms with E-state index in [4.69, 9.17) is 0 Å². The molecule has 25 heavy (non-hydrogen) atoms. The van der Waals surface area contributed by atoms with Gasteiger partial charge < -0.3 is 15.7 Å². The molecule has 5 nitrogen and oxygen atoms in total. The van der Waals surface area contributed by atoms with E-state index in [-0.39, 0.29) is 17.6 Å². The highest BCUT2D eigenvalue weighted by atomic mass is 16.3. The number of allylic oxidation sites excluding steroid dienone is 1. The number of nitrogens with one attached hydrogen (secondary N) is 2. The van der Waals surface area contributed by atoms with E-state index < -0.39 is 0 Å². The second kappa shape index (κ2) is 9.93. The third-order valence-corrected chi connectivity index (χ3v) is 3.51. The monoisotopic (exact) mass is 338 g/mol. The molecule has 0 saturated carbocycles. The summed E-state index contributed by atoms with van der Waals surface area (Å²) in [5.74, 6) is -0.165. The van der Waals surface area contributed by atoms with Crippen LogP contribution >= 0.6 is 0 Å². The molecule has 2 aromatic rings. The second-order valence-electron chi connectivity index (χ2n) is 5.50. The molecule has 2 rings (SSSR count). The van der Waals surface area contributed by atoms with E-state index in [1.165, 1.54) is 12.1 Å².